The van der Waals surface area contributed by atoms with E-state index in [2.05, 4.69) is 39.8 Å². The fourth-order valence-corrected chi connectivity index (χ4v) is 6.05. The van der Waals surface area contributed by atoms with E-state index in [0.29, 0.717) is 28.8 Å². The van der Waals surface area contributed by atoms with Gasteiger partial charge in [0, 0.05) is 12.1 Å². The highest BCUT2D eigenvalue weighted by Crippen LogP contribution is 2.46. The van der Waals surface area contributed by atoms with Crippen LogP contribution in [0.4, 0.5) is 13.2 Å². The van der Waals surface area contributed by atoms with E-state index in [4.69, 9.17) is 21.7 Å². The average molecular weight is 546 g/mol. The first-order valence-corrected chi connectivity index (χ1v) is 13.7. The monoisotopic (exact) mass is 545 g/mol. The topological polar surface area (TPSA) is 21.7 Å². The number of aryl methyl sites for hydroxylation is 1. The van der Waals surface area contributed by atoms with Gasteiger partial charge < -0.3 is 14.4 Å². The van der Waals surface area contributed by atoms with Crippen molar-refractivity contribution >= 4 is 23.0 Å². The first-order chi connectivity index (χ1) is 17.7. The fraction of sp³-hybridized carbons (Fsp3) is 0.516. The zero-order chi connectivity index (χ0) is 28.0. The predicted octanol–water partition coefficient (Wildman–Crippen LogP) is 8.86. The first kappa shape index (κ1) is 28.5. The Morgan fingerprint density at radius 1 is 1.16 bits per heavy atom. The van der Waals surface area contributed by atoms with Crippen molar-refractivity contribution in [3.05, 3.63) is 69.8 Å². The molecule has 0 spiro atoms. The fourth-order valence-electron chi connectivity index (χ4n) is 5.72. The van der Waals surface area contributed by atoms with Crippen molar-refractivity contribution in [1.29, 1.82) is 0 Å². The molecule has 1 heterocycles. The average Bonchev–Trinajstić information content (AvgIpc) is 3.10. The van der Waals surface area contributed by atoms with E-state index in [9.17, 15) is 13.2 Å². The maximum absolute atomic E-state index is 13.5. The molecule has 0 radical (unpaired) electrons. The summed E-state index contributed by atoms with van der Waals surface area (Å²) in [7, 11) is 1.70. The molecule has 0 amide bonds. The van der Waals surface area contributed by atoms with Gasteiger partial charge in [0.05, 0.1) is 18.7 Å². The summed E-state index contributed by atoms with van der Waals surface area (Å²) in [5, 5.41) is 0.329. The quantitative estimate of drug-likeness (QED) is 0.338. The molecule has 0 bridgehead atoms. The van der Waals surface area contributed by atoms with Crippen molar-refractivity contribution in [1.82, 2.24) is 4.90 Å². The lowest BCUT2D eigenvalue weighted by Crippen LogP contribution is -2.35. The third-order valence-corrected chi connectivity index (χ3v) is 8.23. The highest BCUT2D eigenvalue weighted by Gasteiger charge is 2.40. The van der Waals surface area contributed by atoms with E-state index >= 15 is 0 Å². The van der Waals surface area contributed by atoms with Gasteiger partial charge in [-0.15, -0.1) is 0 Å². The van der Waals surface area contributed by atoms with Crippen molar-refractivity contribution < 1.29 is 22.6 Å². The van der Waals surface area contributed by atoms with Gasteiger partial charge in [-0.3, -0.25) is 0 Å². The Morgan fingerprint density at radius 2 is 1.87 bits per heavy atom. The lowest BCUT2D eigenvalue weighted by molar-refractivity contribution is -0.137. The molecule has 0 saturated carbocycles. The van der Waals surface area contributed by atoms with E-state index in [1.54, 1.807) is 20.1 Å². The molecule has 0 unspecified atom stereocenters. The van der Waals surface area contributed by atoms with Crippen LogP contribution in [0.3, 0.4) is 0 Å². The summed E-state index contributed by atoms with van der Waals surface area (Å²) in [5.41, 5.74) is 5.44. The number of nitrogens with zero attached hydrogens (tertiary/aromatic N) is 1. The molecule has 3 nitrogen and oxygen atoms in total. The Hall–Kier alpha value is -2.54. The number of allylic oxidation sites excluding steroid dienone is 1. The van der Waals surface area contributed by atoms with Crippen LogP contribution in [-0.2, 0) is 10.9 Å². The molecule has 4 rings (SSSR count). The summed E-state index contributed by atoms with van der Waals surface area (Å²) in [4.78, 5) is 2.03. The van der Waals surface area contributed by atoms with Crippen molar-refractivity contribution in [3.63, 3.8) is 0 Å². The molecule has 1 aliphatic heterocycles. The summed E-state index contributed by atoms with van der Waals surface area (Å²) in [6.07, 6.45) is -2.10. The molecule has 38 heavy (non-hydrogen) atoms. The third-order valence-electron chi connectivity index (χ3n) is 7.89. The summed E-state index contributed by atoms with van der Waals surface area (Å²) in [5.74, 6) is 1.24. The maximum Gasteiger partial charge on any atom is 0.416 e. The molecule has 2 aromatic carbocycles. The Labute approximate surface area is 230 Å². The molecule has 1 saturated heterocycles. The molecule has 0 N–H and O–H groups in total. The SMILES string of the molecule is COc1ccc(C(C)C)cc1C1=C(CN2C(=S)O[C@H](c3cc(C)cc(C(F)(F)F)c3)[C@@H]2C)CC(C)(C)CC1. The van der Waals surface area contributed by atoms with Gasteiger partial charge in [0.25, 0.3) is 5.17 Å². The Kier molecular flexibility index (Phi) is 7.91. The normalized spacial score (nSPS) is 21.8. The molecule has 2 aliphatic rings. The number of hydrogen-bond donors (Lipinski definition) is 0. The number of benzene rings is 2. The molecular formula is C31H38F3NO2S. The highest BCUT2D eigenvalue weighted by molar-refractivity contribution is 7.80. The van der Waals surface area contributed by atoms with Gasteiger partial charge in [-0.25, -0.2) is 0 Å². The second-order valence-electron chi connectivity index (χ2n) is 11.8. The Morgan fingerprint density at radius 3 is 2.50 bits per heavy atom. The van der Waals surface area contributed by atoms with Gasteiger partial charge in [0.15, 0.2) is 0 Å². The van der Waals surface area contributed by atoms with Crippen LogP contribution in [0.15, 0.2) is 42.0 Å². The van der Waals surface area contributed by atoms with Crippen LogP contribution in [0, 0.1) is 12.3 Å². The number of halogens is 3. The molecule has 206 valence electrons. The molecule has 1 aliphatic carbocycles. The number of thiocarbonyl (C=S) groups is 1. The molecular weight excluding hydrogens is 507 g/mol. The van der Waals surface area contributed by atoms with Gasteiger partial charge in [-0.2, -0.15) is 13.2 Å². The van der Waals surface area contributed by atoms with Gasteiger partial charge in [0.1, 0.15) is 11.9 Å². The van der Waals surface area contributed by atoms with Crippen LogP contribution in [0.1, 0.15) is 93.7 Å². The maximum atomic E-state index is 13.5. The van der Waals surface area contributed by atoms with Crippen LogP contribution in [0.25, 0.3) is 5.57 Å². The third kappa shape index (κ3) is 5.88. The minimum atomic E-state index is -4.42. The largest absolute Gasteiger partial charge is 0.496 e. The molecule has 0 aromatic heterocycles. The van der Waals surface area contributed by atoms with Gasteiger partial charge in [-0.05, 0) is 103 Å². The van der Waals surface area contributed by atoms with E-state index < -0.39 is 17.8 Å². The van der Waals surface area contributed by atoms with E-state index in [-0.39, 0.29) is 11.5 Å². The molecule has 2 atom stereocenters. The first-order valence-electron chi connectivity index (χ1n) is 13.3. The minimum absolute atomic E-state index is 0.130. The second-order valence-corrected chi connectivity index (χ2v) is 12.2. The zero-order valence-corrected chi connectivity index (χ0v) is 24.1. The summed E-state index contributed by atoms with van der Waals surface area (Å²) < 4.78 is 52.4. The Balaban J connectivity index is 1.72. The van der Waals surface area contributed by atoms with Gasteiger partial charge in [0.2, 0.25) is 0 Å². The molecule has 1 fully saturated rings. The van der Waals surface area contributed by atoms with Crippen LogP contribution in [-0.4, -0.2) is 29.8 Å². The van der Waals surface area contributed by atoms with Crippen molar-refractivity contribution in [2.24, 2.45) is 5.41 Å². The van der Waals surface area contributed by atoms with Crippen molar-refractivity contribution in [3.8, 4) is 5.75 Å². The summed E-state index contributed by atoms with van der Waals surface area (Å²) in [6, 6.07) is 10.3. The zero-order valence-electron chi connectivity index (χ0n) is 23.3. The Bertz CT molecular complexity index is 1250. The number of alkyl halides is 3. The summed E-state index contributed by atoms with van der Waals surface area (Å²) in [6.45, 7) is 13.2. The van der Waals surface area contributed by atoms with Crippen LogP contribution >= 0.6 is 12.2 Å². The number of methoxy groups -OCH3 is 1. The summed E-state index contributed by atoms with van der Waals surface area (Å²) >= 11 is 5.65. The predicted molar refractivity (Wildman–Crippen MR) is 150 cm³/mol. The van der Waals surface area contributed by atoms with E-state index in [1.807, 2.05) is 17.9 Å². The van der Waals surface area contributed by atoms with E-state index in [0.717, 1.165) is 30.6 Å². The minimum Gasteiger partial charge on any atom is -0.496 e. The standard InChI is InChI=1S/C31H38F3NO2S/c1-18(2)21-8-9-27(36-7)26(15-21)25-10-11-30(5,6)16-23(25)17-35-20(4)28(37-29(35)38)22-12-19(3)13-24(14-22)31(32,33)34/h8-9,12-15,18,20,28H,10-11,16-17H2,1-7H3/t20-,28-/m0/s1. The van der Waals surface area contributed by atoms with Crippen LogP contribution in [0.5, 0.6) is 5.75 Å². The molecule has 7 heteroatoms. The number of hydrogen-bond acceptors (Lipinski definition) is 3. The highest BCUT2D eigenvalue weighted by atomic mass is 32.1. The van der Waals surface area contributed by atoms with Crippen LogP contribution < -0.4 is 4.74 Å². The number of ether oxygens (including phenoxy) is 2. The lowest BCUT2D eigenvalue weighted by atomic mass is 9.72. The second kappa shape index (κ2) is 10.6. The van der Waals surface area contributed by atoms with Gasteiger partial charge in [-0.1, -0.05) is 45.4 Å². The van der Waals surface area contributed by atoms with Crippen molar-refractivity contribution in [2.75, 3.05) is 13.7 Å². The molecule has 2 aromatic rings. The van der Waals surface area contributed by atoms with E-state index in [1.165, 1.54) is 28.8 Å². The van der Waals surface area contributed by atoms with Crippen molar-refractivity contribution in [2.45, 2.75) is 85.0 Å². The van der Waals surface area contributed by atoms with Crippen LogP contribution in [0.2, 0.25) is 0 Å². The lowest BCUT2D eigenvalue weighted by Gasteiger charge is -2.36. The smallest absolute Gasteiger partial charge is 0.416 e. The number of rotatable bonds is 6. The van der Waals surface area contributed by atoms with Gasteiger partial charge >= 0.3 is 6.18 Å².